The van der Waals surface area contributed by atoms with Crippen molar-refractivity contribution in [3.05, 3.63) is 18.2 Å². The fourth-order valence-electron chi connectivity index (χ4n) is 3.39. The van der Waals surface area contributed by atoms with Gasteiger partial charge < -0.3 is 29.7 Å². The van der Waals surface area contributed by atoms with Crippen LogP contribution in [0.15, 0.2) is 23.2 Å². The molecule has 2 N–H and O–H groups in total. The van der Waals surface area contributed by atoms with Crippen LogP contribution in [-0.2, 0) is 0 Å². The molecular formula is C20H33IN4O3. The number of nitrogens with zero attached hydrogens (tertiary/aromatic N) is 2. The summed E-state index contributed by atoms with van der Waals surface area (Å²) >= 11 is 0. The van der Waals surface area contributed by atoms with Crippen LogP contribution in [0.5, 0.6) is 17.2 Å². The van der Waals surface area contributed by atoms with Gasteiger partial charge in [0.05, 0.1) is 6.54 Å². The average Bonchev–Trinajstić information content (AvgIpc) is 3.00. The van der Waals surface area contributed by atoms with Crippen LogP contribution >= 0.6 is 24.0 Å². The number of aliphatic imine (C=N–C) groups is 1. The van der Waals surface area contributed by atoms with Crippen molar-refractivity contribution in [2.45, 2.75) is 32.1 Å². The summed E-state index contributed by atoms with van der Waals surface area (Å²) in [6, 6.07) is 5.62. The molecule has 1 aromatic rings. The summed E-state index contributed by atoms with van der Waals surface area (Å²) in [5.74, 6) is 3.11. The van der Waals surface area contributed by atoms with Crippen LogP contribution < -0.4 is 24.8 Å². The SMILES string of the molecule is CN=C(NCCCN1CCCCCC1)NCCOc1ccc2c(c1)OCO2.I. The lowest BCUT2D eigenvalue weighted by molar-refractivity contribution is 0.173. The van der Waals surface area contributed by atoms with Crippen LogP contribution in [0.2, 0.25) is 0 Å². The van der Waals surface area contributed by atoms with Crippen molar-refractivity contribution in [2.75, 3.05) is 53.2 Å². The standard InChI is InChI=1S/C20H32N4O3.HI/c1-21-20(22-9-6-13-24-11-4-2-3-5-12-24)23-10-14-25-17-7-8-18-19(15-17)27-16-26-18;/h7-8,15H,2-6,9-14,16H2,1H3,(H2,21,22,23);1H. The van der Waals surface area contributed by atoms with Gasteiger partial charge in [-0.05, 0) is 51.0 Å². The fourth-order valence-corrected chi connectivity index (χ4v) is 3.39. The molecule has 8 heteroatoms. The van der Waals surface area contributed by atoms with Gasteiger partial charge in [0.2, 0.25) is 6.79 Å². The summed E-state index contributed by atoms with van der Waals surface area (Å²) in [5.41, 5.74) is 0. The maximum atomic E-state index is 5.76. The second-order valence-electron chi connectivity index (χ2n) is 6.90. The summed E-state index contributed by atoms with van der Waals surface area (Å²) in [6.45, 7) is 6.11. The Morgan fingerprint density at radius 3 is 2.61 bits per heavy atom. The van der Waals surface area contributed by atoms with E-state index in [0.29, 0.717) is 13.2 Å². The Bertz CT molecular complexity index is 607. The van der Waals surface area contributed by atoms with Gasteiger partial charge in [-0.15, -0.1) is 24.0 Å². The van der Waals surface area contributed by atoms with E-state index in [9.17, 15) is 0 Å². The molecule has 0 radical (unpaired) electrons. The first-order valence-corrected chi connectivity index (χ1v) is 10.0. The molecule has 0 saturated carbocycles. The molecule has 1 fully saturated rings. The van der Waals surface area contributed by atoms with Gasteiger partial charge in [0.1, 0.15) is 12.4 Å². The van der Waals surface area contributed by atoms with E-state index in [1.807, 2.05) is 18.2 Å². The Hall–Kier alpha value is -1.42. The topological polar surface area (TPSA) is 67.4 Å². The monoisotopic (exact) mass is 504 g/mol. The van der Waals surface area contributed by atoms with Crippen molar-refractivity contribution >= 4 is 29.9 Å². The first-order valence-electron chi connectivity index (χ1n) is 10.0. The van der Waals surface area contributed by atoms with Gasteiger partial charge in [-0.25, -0.2) is 0 Å². The summed E-state index contributed by atoms with van der Waals surface area (Å²) in [6.07, 6.45) is 6.60. The van der Waals surface area contributed by atoms with E-state index in [-0.39, 0.29) is 30.8 Å². The van der Waals surface area contributed by atoms with Gasteiger partial charge in [0, 0.05) is 19.7 Å². The van der Waals surface area contributed by atoms with Crippen molar-refractivity contribution in [1.82, 2.24) is 15.5 Å². The van der Waals surface area contributed by atoms with E-state index >= 15 is 0 Å². The van der Waals surface area contributed by atoms with Crippen LogP contribution in [-0.4, -0.2) is 64.0 Å². The Kier molecular flexibility index (Phi) is 10.6. The summed E-state index contributed by atoms with van der Waals surface area (Å²) in [5, 5.41) is 6.66. The highest BCUT2D eigenvalue weighted by Crippen LogP contribution is 2.34. The maximum Gasteiger partial charge on any atom is 0.231 e. The summed E-state index contributed by atoms with van der Waals surface area (Å²) in [7, 11) is 1.79. The largest absolute Gasteiger partial charge is 0.492 e. The van der Waals surface area contributed by atoms with Crippen LogP contribution in [0.4, 0.5) is 0 Å². The van der Waals surface area contributed by atoms with E-state index in [0.717, 1.165) is 42.7 Å². The molecule has 1 saturated heterocycles. The zero-order valence-corrected chi connectivity index (χ0v) is 19.1. The number of nitrogens with one attached hydrogen (secondary N) is 2. The Balaban J connectivity index is 0.00000280. The van der Waals surface area contributed by atoms with E-state index in [2.05, 4.69) is 20.5 Å². The first-order chi connectivity index (χ1) is 13.3. The lowest BCUT2D eigenvalue weighted by atomic mass is 10.2. The molecule has 158 valence electrons. The minimum Gasteiger partial charge on any atom is -0.492 e. The molecule has 0 aliphatic carbocycles. The Morgan fingerprint density at radius 2 is 1.82 bits per heavy atom. The summed E-state index contributed by atoms with van der Waals surface area (Å²) < 4.78 is 16.4. The van der Waals surface area contributed by atoms with Crippen LogP contribution in [0, 0.1) is 0 Å². The normalized spacial score (nSPS) is 16.8. The molecule has 1 aromatic carbocycles. The highest BCUT2D eigenvalue weighted by Gasteiger charge is 2.13. The lowest BCUT2D eigenvalue weighted by Gasteiger charge is -2.20. The summed E-state index contributed by atoms with van der Waals surface area (Å²) in [4.78, 5) is 6.86. The van der Waals surface area contributed by atoms with Gasteiger partial charge in [-0.2, -0.15) is 0 Å². The maximum absolute atomic E-state index is 5.76. The third kappa shape index (κ3) is 7.54. The molecule has 0 spiro atoms. The molecule has 0 atom stereocenters. The second-order valence-corrected chi connectivity index (χ2v) is 6.90. The number of likely N-dealkylation sites (tertiary alicyclic amines) is 1. The third-order valence-corrected chi connectivity index (χ3v) is 4.87. The molecule has 7 nitrogen and oxygen atoms in total. The van der Waals surface area contributed by atoms with Crippen LogP contribution in [0.25, 0.3) is 0 Å². The average molecular weight is 504 g/mol. The quantitative estimate of drug-likeness (QED) is 0.246. The number of benzene rings is 1. The number of halogens is 1. The first kappa shape index (κ1) is 22.9. The molecule has 2 heterocycles. The van der Waals surface area contributed by atoms with Gasteiger partial charge in [0.15, 0.2) is 17.5 Å². The van der Waals surface area contributed by atoms with Crippen molar-refractivity contribution in [2.24, 2.45) is 4.99 Å². The molecule has 0 amide bonds. The predicted octanol–water partition coefficient (Wildman–Crippen LogP) is 2.84. The minimum atomic E-state index is 0. The van der Waals surface area contributed by atoms with Gasteiger partial charge in [-0.3, -0.25) is 4.99 Å². The van der Waals surface area contributed by atoms with E-state index in [1.165, 1.54) is 38.8 Å². The molecule has 0 unspecified atom stereocenters. The number of ether oxygens (including phenoxy) is 3. The number of fused-ring (bicyclic) bond motifs is 1. The molecule has 0 bridgehead atoms. The highest BCUT2D eigenvalue weighted by atomic mass is 127. The number of hydrogen-bond acceptors (Lipinski definition) is 5. The van der Waals surface area contributed by atoms with Crippen molar-refractivity contribution in [3.63, 3.8) is 0 Å². The molecule has 28 heavy (non-hydrogen) atoms. The van der Waals surface area contributed by atoms with Crippen LogP contribution in [0.3, 0.4) is 0 Å². The minimum absolute atomic E-state index is 0. The van der Waals surface area contributed by atoms with Crippen molar-refractivity contribution in [1.29, 1.82) is 0 Å². The number of hydrogen-bond donors (Lipinski definition) is 2. The fraction of sp³-hybridized carbons (Fsp3) is 0.650. The van der Waals surface area contributed by atoms with Gasteiger partial charge in [-0.1, -0.05) is 12.8 Å². The highest BCUT2D eigenvalue weighted by molar-refractivity contribution is 14.0. The van der Waals surface area contributed by atoms with Gasteiger partial charge in [0.25, 0.3) is 0 Å². The van der Waals surface area contributed by atoms with E-state index < -0.39 is 0 Å². The zero-order chi connectivity index (χ0) is 18.7. The molecular weight excluding hydrogens is 471 g/mol. The van der Waals surface area contributed by atoms with Crippen LogP contribution in [0.1, 0.15) is 32.1 Å². The third-order valence-electron chi connectivity index (χ3n) is 4.87. The van der Waals surface area contributed by atoms with Crippen molar-refractivity contribution < 1.29 is 14.2 Å². The smallest absolute Gasteiger partial charge is 0.231 e. The second kappa shape index (κ2) is 12.9. The van der Waals surface area contributed by atoms with Gasteiger partial charge >= 0.3 is 0 Å². The Labute approximate surface area is 185 Å². The lowest BCUT2D eigenvalue weighted by Crippen LogP contribution is -2.40. The van der Waals surface area contributed by atoms with E-state index in [4.69, 9.17) is 14.2 Å². The number of rotatable bonds is 8. The Morgan fingerprint density at radius 1 is 1.07 bits per heavy atom. The molecule has 2 aliphatic rings. The zero-order valence-electron chi connectivity index (χ0n) is 16.7. The molecule has 0 aromatic heterocycles. The predicted molar refractivity (Wildman–Crippen MR) is 122 cm³/mol. The van der Waals surface area contributed by atoms with Crippen molar-refractivity contribution in [3.8, 4) is 17.2 Å². The number of guanidine groups is 1. The molecule has 3 rings (SSSR count). The molecule has 2 aliphatic heterocycles. The van der Waals surface area contributed by atoms with E-state index in [1.54, 1.807) is 7.05 Å².